The standard InChI is InChI=1S/C21H21BO9S3/c1-16-4-10-19(11-5-16)32(23,24)29-22(30-33(25,26)20-12-6-17(2)7-13-20)31-34(27,28)21-14-8-18(3)9-15-21/h4-15H,1-3H3. The minimum Gasteiger partial charge on any atom is -0.266 e. The van der Waals surface area contributed by atoms with Crippen LogP contribution in [-0.4, -0.2) is 32.6 Å². The highest BCUT2D eigenvalue weighted by Crippen LogP contribution is 2.22. The second kappa shape index (κ2) is 9.98. The Hall–Kier alpha value is -2.55. The van der Waals surface area contributed by atoms with Crippen LogP contribution in [0, 0.1) is 20.8 Å². The molecule has 3 aromatic carbocycles. The van der Waals surface area contributed by atoms with E-state index in [1.54, 1.807) is 20.8 Å². The molecular weight excluding hydrogens is 503 g/mol. The molecule has 0 spiro atoms. The SMILES string of the molecule is Cc1ccc(S(=O)(=O)OB(OS(=O)(=O)c2ccc(C)cc2)OS(=O)(=O)c2ccc(C)cc2)cc1. The monoisotopic (exact) mass is 524 g/mol. The van der Waals surface area contributed by atoms with Crippen molar-refractivity contribution in [1.29, 1.82) is 0 Å². The predicted octanol–water partition coefficient (Wildman–Crippen LogP) is 3.11. The summed E-state index contributed by atoms with van der Waals surface area (Å²) in [6.07, 6.45) is 0. The number of aryl methyl sites for hydroxylation is 3. The first-order valence-electron chi connectivity index (χ1n) is 9.78. The first-order chi connectivity index (χ1) is 15.8. The summed E-state index contributed by atoms with van der Waals surface area (Å²) in [5.41, 5.74) is 2.27. The van der Waals surface area contributed by atoms with E-state index in [1.807, 2.05) is 0 Å². The molecule has 0 aliphatic rings. The maximum atomic E-state index is 12.7. The summed E-state index contributed by atoms with van der Waals surface area (Å²) in [7, 11) is -16.7. The molecule has 0 unspecified atom stereocenters. The van der Waals surface area contributed by atoms with Crippen molar-refractivity contribution in [2.75, 3.05) is 0 Å². The van der Waals surface area contributed by atoms with Gasteiger partial charge >= 0.3 is 7.32 Å². The molecule has 3 aromatic rings. The molecule has 0 aromatic heterocycles. The first-order valence-corrected chi connectivity index (χ1v) is 14.0. The van der Waals surface area contributed by atoms with Crippen molar-refractivity contribution >= 4 is 37.7 Å². The van der Waals surface area contributed by atoms with Crippen LogP contribution >= 0.6 is 0 Å². The van der Waals surface area contributed by atoms with Crippen LogP contribution in [0.1, 0.15) is 16.7 Å². The molecule has 180 valence electrons. The van der Waals surface area contributed by atoms with Gasteiger partial charge in [-0.1, -0.05) is 53.1 Å². The predicted molar refractivity (Wildman–Crippen MR) is 124 cm³/mol. The van der Waals surface area contributed by atoms with Crippen LogP contribution in [0.25, 0.3) is 0 Å². The average Bonchev–Trinajstić information content (AvgIpc) is 2.73. The molecule has 3 rings (SSSR count). The van der Waals surface area contributed by atoms with Gasteiger partial charge in [0.25, 0.3) is 30.4 Å². The topological polar surface area (TPSA) is 130 Å². The van der Waals surface area contributed by atoms with Crippen LogP contribution in [0.2, 0.25) is 0 Å². The zero-order valence-electron chi connectivity index (χ0n) is 18.4. The van der Waals surface area contributed by atoms with Crippen LogP contribution in [0.4, 0.5) is 0 Å². The van der Waals surface area contributed by atoms with Gasteiger partial charge in [0.15, 0.2) is 0 Å². The fourth-order valence-electron chi connectivity index (χ4n) is 2.64. The van der Waals surface area contributed by atoms with Crippen molar-refractivity contribution in [1.82, 2.24) is 0 Å². The fraction of sp³-hybridized carbons (Fsp3) is 0.143. The van der Waals surface area contributed by atoms with Crippen molar-refractivity contribution in [3.63, 3.8) is 0 Å². The molecule has 0 radical (unpaired) electrons. The highest BCUT2D eigenvalue weighted by Gasteiger charge is 2.40. The van der Waals surface area contributed by atoms with Crippen molar-refractivity contribution in [3.05, 3.63) is 89.5 Å². The Labute approximate surface area is 199 Å². The minimum atomic E-state index is -4.68. The maximum Gasteiger partial charge on any atom is 0.685 e. The van der Waals surface area contributed by atoms with Gasteiger partial charge in [0.1, 0.15) is 0 Å². The summed E-state index contributed by atoms with van der Waals surface area (Å²) in [6.45, 7) is 5.19. The van der Waals surface area contributed by atoms with E-state index in [2.05, 4.69) is 0 Å². The second-order valence-electron chi connectivity index (χ2n) is 7.38. The summed E-state index contributed by atoms with van der Waals surface area (Å²) >= 11 is 0. The molecular formula is C21H21BO9S3. The van der Waals surface area contributed by atoms with Crippen LogP contribution in [-0.2, 0) is 42.7 Å². The number of benzene rings is 3. The van der Waals surface area contributed by atoms with Gasteiger partial charge in [0.05, 0.1) is 14.7 Å². The zero-order valence-corrected chi connectivity index (χ0v) is 20.9. The Balaban J connectivity index is 1.97. The summed E-state index contributed by atoms with van der Waals surface area (Å²) in [6, 6.07) is 16.2. The van der Waals surface area contributed by atoms with Crippen LogP contribution in [0.3, 0.4) is 0 Å². The molecule has 0 saturated carbocycles. The maximum absolute atomic E-state index is 12.7. The third-order valence-electron chi connectivity index (χ3n) is 4.54. The van der Waals surface area contributed by atoms with Gasteiger partial charge in [-0.25, -0.2) is 0 Å². The molecule has 13 heteroatoms. The molecule has 0 aliphatic heterocycles. The van der Waals surface area contributed by atoms with Gasteiger partial charge in [-0.05, 0) is 57.2 Å². The highest BCUT2D eigenvalue weighted by atomic mass is 32.2. The molecule has 0 atom stereocenters. The molecule has 0 aliphatic carbocycles. The third kappa shape index (κ3) is 6.53. The molecule has 0 fully saturated rings. The van der Waals surface area contributed by atoms with E-state index in [4.69, 9.17) is 12.3 Å². The fourth-order valence-corrected chi connectivity index (χ4v) is 5.39. The third-order valence-corrected chi connectivity index (χ3v) is 8.32. The Morgan fingerprint density at radius 3 is 0.853 bits per heavy atom. The van der Waals surface area contributed by atoms with Gasteiger partial charge in [-0.2, -0.15) is 25.3 Å². The summed E-state index contributed by atoms with van der Waals surface area (Å²) in [5, 5.41) is 0. The Morgan fingerprint density at radius 2 is 0.647 bits per heavy atom. The second-order valence-corrected chi connectivity index (χ2v) is 12.1. The van der Waals surface area contributed by atoms with Crippen molar-refractivity contribution < 1.29 is 37.6 Å². The Bertz CT molecular complexity index is 1280. The average molecular weight is 524 g/mol. The van der Waals surface area contributed by atoms with Gasteiger partial charge in [0, 0.05) is 0 Å². The van der Waals surface area contributed by atoms with Gasteiger partial charge in [0.2, 0.25) is 0 Å². The van der Waals surface area contributed by atoms with Crippen molar-refractivity contribution in [2.24, 2.45) is 0 Å². The number of hydrogen-bond acceptors (Lipinski definition) is 9. The van der Waals surface area contributed by atoms with E-state index >= 15 is 0 Å². The van der Waals surface area contributed by atoms with Crippen molar-refractivity contribution in [2.45, 2.75) is 35.5 Å². The molecule has 0 N–H and O–H groups in total. The molecule has 0 saturated heterocycles. The van der Waals surface area contributed by atoms with Gasteiger partial charge in [-0.15, -0.1) is 0 Å². The summed E-state index contributed by atoms with van der Waals surface area (Å²) in [4.78, 5) is -1.05. The van der Waals surface area contributed by atoms with Crippen LogP contribution in [0.15, 0.2) is 87.5 Å². The van der Waals surface area contributed by atoms with E-state index in [0.29, 0.717) is 0 Å². The Morgan fingerprint density at radius 1 is 0.441 bits per heavy atom. The van der Waals surface area contributed by atoms with E-state index in [0.717, 1.165) is 16.7 Å². The smallest absolute Gasteiger partial charge is 0.266 e. The lowest BCUT2D eigenvalue weighted by atomic mass is 10.2. The lowest BCUT2D eigenvalue weighted by Crippen LogP contribution is -2.35. The van der Waals surface area contributed by atoms with E-state index in [9.17, 15) is 25.3 Å². The first kappa shape index (κ1) is 26.1. The molecule has 0 amide bonds. The molecule has 9 nitrogen and oxygen atoms in total. The number of rotatable bonds is 9. The number of hydrogen-bond donors (Lipinski definition) is 0. The van der Waals surface area contributed by atoms with Crippen molar-refractivity contribution in [3.8, 4) is 0 Å². The summed E-state index contributed by atoms with van der Waals surface area (Å²) < 4.78 is 90.7. The minimum absolute atomic E-state index is 0.351. The van der Waals surface area contributed by atoms with E-state index in [1.165, 1.54) is 72.8 Å². The van der Waals surface area contributed by atoms with Crippen LogP contribution in [0.5, 0.6) is 0 Å². The quantitative estimate of drug-likeness (QED) is 0.388. The van der Waals surface area contributed by atoms with Gasteiger partial charge in [-0.3, -0.25) is 12.3 Å². The zero-order chi connectivity index (χ0) is 25.1. The summed E-state index contributed by atoms with van der Waals surface area (Å²) in [5.74, 6) is 0. The highest BCUT2D eigenvalue weighted by molar-refractivity contribution is 7.90. The lowest BCUT2D eigenvalue weighted by Gasteiger charge is -2.15. The molecule has 34 heavy (non-hydrogen) atoms. The molecule has 0 bridgehead atoms. The van der Waals surface area contributed by atoms with E-state index < -0.39 is 37.7 Å². The van der Waals surface area contributed by atoms with E-state index in [-0.39, 0.29) is 14.7 Å². The Kier molecular flexibility index (Phi) is 7.65. The largest absolute Gasteiger partial charge is 0.685 e. The van der Waals surface area contributed by atoms with Gasteiger partial charge < -0.3 is 0 Å². The lowest BCUT2D eigenvalue weighted by molar-refractivity contribution is 0.311. The molecule has 0 heterocycles. The van der Waals surface area contributed by atoms with Crippen LogP contribution < -0.4 is 0 Å². The normalized spacial score (nSPS) is 12.4.